The Labute approximate surface area is 102 Å². The third-order valence-corrected chi connectivity index (χ3v) is 2.35. The van der Waals surface area contributed by atoms with Gasteiger partial charge < -0.3 is 10.1 Å². The maximum Gasteiger partial charge on any atom is 0.428 e. The molecular weight excluding hydrogens is 246 g/mol. The SMILES string of the molecule is O=C(Nc1ccc(Cl)cc1)NN1CCOC1=O. The summed E-state index contributed by atoms with van der Waals surface area (Å²) >= 11 is 5.71. The van der Waals surface area contributed by atoms with Crippen LogP contribution >= 0.6 is 11.6 Å². The molecule has 0 atom stereocenters. The lowest BCUT2D eigenvalue weighted by Gasteiger charge is -2.14. The van der Waals surface area contributed by atoms with Gasteiger partial charge >= 0.3 is 12.1 Å². The van der Waals surface area contributed by atoms with Crippen molar-refractivity contribution in [2.75, 3.05) is 18.5 Å². The van der Waals surface area contributed by atoms with Gasteiger partial charge in [0.2, 0.25) is 0 Å². The zero-order chi connectivity index (χ0) is 12.3. The predicted molar refractivity (Wildman–Crippen MR) is 61.7 cm³/mol. The Morgan fingerprint density at radius 1 is 1.35 bits per heavy atom. The van der Waals surface area contributed by atoms with Crippen molar-refractivity contribution in [2.45, 2.75) is 0 Å². The summed E-state index contributed by atoms with van der Waals surface area (Å²) in [6, 6.07) is 6.11. The van der Waals surface area contributed by atoms with Crippen molar-refractivity contribution in [2.24, 2.45) is 0 Å². The van der Waals surface area contributed by atoms with E-state index in [2.05, 4.69) is 15.5 Å². The number of amides is 3. The number of nitrogens with zero attached hydrogens (tertiary/aromatic N) is 1. The minimum absolute atomic E-state index is 0.278. The van der Waals surface area contributed by atoms with E-state index in [0.29, 0.717) is 17.3 Å². The van der Waals surface area contributed by atoms with Crippen LogP contribution in [0, 0.1) is 0 Å². The van der Waals surface area contributed by atoms with E-state index in [1.54, 1.807) is 24.3 Å². The van der Waals surface area contributed by atoms with E-state index in [0.717, 1.165) is 5.01 Å². The highest BCUT2D eigenvalue weighted by atomic mass is 35.5. The fraction of sp³-hybridized carbons (Fsp3) is 0.200. The number of urea groups is 1. The molecule has 0 aliphatic carbocycles. The Bertz CT molecular complexity index is 435. The molecule has 2 N–H and O–H groups in total. The van der Waals surface area contributed by atoms with E-state index in [1.807, 2.05) is 0 Å². The van der Waals surface area contributed by atoms with Crippen LogP contribution in [0.2, 0.25) is 5.02 Å². The number of ether oxygens (including phenoxy) is 1. The number of nitrogens with one attached hydrogen (secondary N) is 2. The predicted octanol–water partition coefficient (Wildman–Crippen LogP) is 1.83. The lowest BCUT2D eigenvalue weighted by molar-refractivity contribution is 0.147. The monoisotopic (exact) mass is 255 g/mol. The van der Waals surface area contributed by atoms with Crippen LogP contribution in [0.3, 0.4) is 0 Å². The van der Waals surface area contributed by atoms with Gasteiger partial charge in [-0.05, 0) is 24.3 Å². The molecule has 0 bridgehead atoms. The molecule has 1 aliphatic heterocycles. The first-order valence-corrected chi connectivity index (χ1v) is 5.30. The average Bonchev–Trinajstić information content (AvgIpc) is 2.68. The van der Waals surface area contributed by atoms with Gasteiger partial charge in [0.25, 0.3) is 0 Å². The normalized spacial score (nSPS) is 14.4. The summed E-state index contributed by atoms with van der Waals surface area (Å²) in [4.78, 5) is 22.5. The van der Waals surface area contributed by atoms with Gasteiger partial charge in [-0.15, -0.1) is 0 Å². The Morgan fingerprint density at radius 2 is 2.06 bits per heavy atom. The lowest BCUT2D eigenvalue weighted by atomic mass is 10.3. The zero-order valence-corrected chi connectivity index (χ0v) is 9.53. The number of hydrazine groups is 1. The topological polar surface area (TPSA) is 70.7 Å². The van der Waals surface area contributed by atoms with Gasteiger partial charge in [0.05, 0.1) is 6.54 Å². The third kappa shape index (κ3) is 3.01. The molecule has 1 heterocycles. The molecule has 1 aromatic rings. The van der Waals surface area contributed by atoms with Gasteiger partial charge in [0.1, 0.15) is 6.61 Å². The summed E-state index contributed by atoms with van der Waals surface area (Å²) in [6.45, 7) is 0.618. The van der Waals surface area contributed by atoms with Crippen molar-refractivity contribution in [3.05, 3.63) is 29.3 Å². The fourth-order valence-corrected chi connectivity index (χ4v) is 1.44. The van der Waals surface area contributed by atoms with Crippen LogP contribution < -0.4 is 10.7 Å². The summed E-state index contributed by atoms with van der Waals surface area (Å²) in [5, 5.41) is 4.24. The molecular formula is C10H10ClN3O3. The summed E-state index contributed by atoms with van der Waals surface area (Å²) < 4.78 is 4.66. The molecule has 0 spiro atoms. The quantitative estimate of drug-likeness (QED) is 0.847. The van der Waals surface area contributed by atoms with E-state index in [1.165, 1.54) is 0 Å². The van der Waals surface area contributed by atoms with Gasteiger partial charge in [-0.25, -0.2) is 20.0 Å². The average molecular weight is 256 g/mol. The highest BCUT2D eigenvalue weighted by molar-refractivity contribution is 6.30. The molecule has 90 valence electrons. The third-order valence-electron chi connectivity index (χ3n) is 2.10. The summed E-state index contributed by atoms with van der Waals surface area (Å²) in [7, 11) is 0. The largest absolute Gasteiger partial charge is 0.446 e. The van der Waals surface area contributed by atoms with E-state index in [4.69, 9.17) is 11.6 Å². The second-order valence-corrected chi connectivity index (χ2v) is 3.78. The number of hydrogen-bond donors (Lipinski definition) is 2. The summed E-state index contributed by atoms with van der Waals surface area (Å²) in [5.41, 5.74) is 2.95. The molecule has 17 heavy (non-hydrogen) atoms. The number of halogens is 1. The number of anilines is 1. The number of carbonyl (C=O) groups excluding carboxylic acids is 2. The summed E-state index contributed by atoms with van der Waals surface area (Å²) in [6.07, 6.45) is -0.559. The van der Waals surface area contributed by atoms with Crippen molar-refractivity contribution >= 4 is 29.4 Å². The van der Waals surface area contributed by atoms with Crippen molar-refractivity contribution in [1.29, 1.82) is 0 Å². The van der Waals surface area contributed by atoms with Crippen LogP contribution in [0.25, 0.3) is 0 Å². The Balaban J connectivity index is 1.88. The van der Waals surface area contributed by atoms with Crippen molar-refractivity contribution in [1.82, 2.24) is 10.4 Å². The first kappa shape index (κ1) is 11.5. The van der Waals surface area contributed by atoms with Crippen LogP contribution in [0.1, 0.15) is 0 Å². The molecule has 1 aliphatic rings. The number of rotatable bonds is 2. The van der Waals surface area contributed by atoms with Gasteiger partial charge in [-0.1, -0.05) is 11.6 Å². The Hall–Kier alpha value is -1.95. The maximum absolute atomic E-state index is 11.5. The molecule has 0 radical (unpaired) electrons. The van der Waals surface area contributed by atoms with Crippen LogP contribution in [0.15, 0.2) is 24.3 Å². The standard InChI is InChI=1S/C10H10ClN3O3/c11-7-1-3-8(4-2-7)12-9(15)13-14-5-6-17-10(14)16/h1-4H,5-6H2,(H2,12,13,15). The molecule has 1 aromatic carbocycles. The molecule has 6 nitrogen and oxygen atoms in total. The minimum atomic E-state index is -0.559. The number of hydrogen-bond acceptors (Lipinski definition) is 3. The van der Waals surface area contributed by atoms with E-state index in [9.17, 15) is 9.59 Å². The van der Waals surface area contributed by atoms with Crippen LogP contribution in [0.5, 0.6) is 0 Å². The number of carbonyl (C=O) groups is 2. The van der Waals surface area contributed by atoms with E-state index < -0.39 is 12.1 Å². The molecule has 0 unspecified atom stereocenters. The molecule has 1 saturated heterocycles. The highest BCUT2D eigenvalue weighted by Crippen LogP contribution is 2.13. The van der Waals surface area contributed by atoms with Crippen molar-refractivity contribution in [3.63, 3.8) is 0 Å². The highest BCUT2D eigenvalue weighted by Gasteiger charge is 2.23. The van der Waals surface area contributed by atoms with Crippen LogP contribution in [-0.2, 0) is 4.74 Å². The van der Waals surface area contributed by atoms with Crippen molar-refractivity contribution < 1.29 is 14.3 Å². The lowest BCUT2D eigenvalue weighted by Crippen LogP contribution is -2.44. The van der Waals surface area contributed by atoms with Gasteiger partial charge in [-0.3, -0.25) is 0 Å². The van der Waals surface area contributed by atoms with Crippen LogP contribution in [-0.4, -0.2) is 30.3 Å². The molecule has 1 fully saturated rings. The second-order valence-electron chi connectivity index (χ2n) is 3.34. The van der Waals surface area contributed by atoms with Gasteiger partial charge in [-0.2, -0.15) is 0 Å². The molecule has 7 heteroatoms. The van der Waals surface area contributed by atoms with Crippen molar-refractivity contribution in [3.8, 4) is 0 Å². The number of benzene rings is 1. The van der Waals surface area contributed by atoms with E-state index >= 15 is 0 Å². The Kier molecular flexibility index (Phi) is 3.34. The number of cyclic esters (lactones) is 1. The Morgan fingerprint density at radius 3 is 2.65 bits per heavy atom. The first-order valence-electron chi connectivity index (χ1n) is 4.92. The smallest absolute Gasteiger partial charge is 0.428 e. The zero-order valence-electron chi connectivity index (χ0n) is 8.77. The summed E-state index contributed by atoms with van der Waals surface area (Å²) in [5.74, 6) is 0. The molecule has 0 saturated carbocycles. The maximum atomic E-state index is 11.5. The molecule has 2 rings (SSSR count). The molecule has 3 amide bonds. The molecule has 0 aromatic heterocycles. The van der Waals surface area contributed by atoms with E-state index in [-0.39, 0.29) is 6.61 Å². The fourth-order valence-electron chi connectivity index (χ4n) is 1.31. The van der Waals surface area contributed by atoms with Gasteiger partial charge in [0.15, 0.2) is 0 Å². The van der Waals surface area contributed by atoms with Gasteiger partial charge in [0, 0.05) is 10.7 Å². The minimum Gasteiger partial charge on any atom is -0.446 e. The first-order chi connectivity index (χ1) is 8.15. The second kappa shape index (κ2) is 4.92. The van der Waals surface area contributed by atoms with Crippen LogP contribution in [0.4, 0.5) is 15.3 Å².